The van der Waals surface area contributed by atoms with Crippen molar-refractivity contribution in [2.45, 2.75) is 25.6 Å². The number of esters is 1. The zero-order chi connectivity index (χ0) is 9.72. The normalized spacial score (nSPS) is 15.0. The molecule has 0 saturated heterocycles. The predicted octanol–water partition coefficient (Wildman–Crippen LogP) is 1.54. The molecule has 0 aliphatic carbocycles. The van der Waals surface area contributed by atoms with Gasteiger partial charge in [0, 0.05) is 0 Å². The molecule has 0 aromatic heterocycles. The van der Waals surface area contributed by atoms with Gasteiger partial charge < -0.3 is 4.74 Å². The lowest BCUT2D eigenvalue weighted by atomic mass is 10.1. The summed E-state index contributed by atoms with van der Waals surface area (Å²) in [5, 5.41) is 0. The number of ether oxygens (including phenoxy) is 1. The quantitative estimate of drug-likeness (QED) is 0.423. The van der Waals surface area contributed by atoms with Crippen molar-refractivity contribution in [1.82, 2.24) is 0 Å². The largest absolute Gasteiger partial charge is 0.465 e. The molecule has 0 N–H and O–H groups in total. The maximum absolute atomic E-state index is 11.2. The number of halogens is 1. The van der Waals surface area contributed by atoms with Crippen molar-refractivity contribution in [3.8, 4) is 0 Å². The molecule has 0 bridgehead atoms. The lowest BCUT2D eigenvalue weighted by molar-refractivity contribution is -0.150. The van der Waals surface area contributed by atoms with Crippen LogP contribution in [0.4, 0.5) is 0 Å². The Bertz CT molecular complexity index is 177. The number of hydrogen-bond donors (Lipinski definition) is 0. The molecule has 70 valence electrons. The molecule has 0 aliphatic heterocycles. The van der Waals surface area contributed by atoms with Gasteiger partial charge in [-0.1, -0.05) is 15.9 Å². The van der Waals surface area contributed by atoms with Crippen LogP contribution in [0, 0.1) is 5.92 Å². The minimum absolute atomic E-state index is 0.145. The van der Waals surface area contributed by atoms with Crippen LogP contribution in [-0.4, -0.2) is 23.2 Å². The molecule has 0 unspecified atom stereocenters. The third-order valence-electron chi connectivity index (χ3n) is 1.46. The highest BCUT2D eigenvalue weighted by Crippen LogP contribution is 2.09. The molecule has 0 aromatic rings. The van der Waals surface area contributed by atoms with E-state index in [0.29, 0.717) is 6.61 Å². The molecule has 0 saturated carbocycles. The van der Waals surface area contributed by atoms with Gasteiger partial charge in [-0.3, -0.25) is 9.59 Å². The average Bonchev–Trinajstić information content (AvgIpc) is 2.02. The van der Waals surface area contributed by atoms with Crippen LogP contribution in [0.1, 0.15) is 20.8 Å². The summed E-state index contributed by atoms with van der Waals surface area (Å²) in [7, 11) is 0. The average molecular weight is 237 g/mol. The number of carbonyl (C=O) groups is 2. The monoisotopic (exact) mass is 236 g/mol. The SMILES string of the molecule is CCOC(=O)[C@@H](C)C(=O)[C@@H](C)Br. The summed E-state index contributed by atoms with van der Waals surface area (Å²) < 4.78 is 4.69. The Morgan fingerprint density at radius 1 is 1.42 bits per heavy atom. The number of Topliss-reactive ketones (excluding diaryl/α,β-unsaturated/α-hetero) is 1. The minimum atomic E-state index is -0.667. The Morgan fingerprint density at radius 2 is 1.92 bits per heavy atom. The summed E-state index contributed by atoms with van der Waals surface area (Å²) in [4.78, 5) is 21.9. The highest BCUT2D eigenvalue weighted by molar-refractivity contribution is 9.10. The number of rotatable bonds is 4. The fourth-order valence-electron chi connectivity index (χ4n) is 0.728. The van der Waals surface area contributed by atoms with E-state index in [1.54, 1.807) is 20.8 Å². The van der Waals surface area contributed by atoms with Crippen LogP contribution in [0.15, 0.2) is 0 Å². The van der Waals surface area contributed by atoms with Crippen molar-refractivity contribution in [2.75, 3.05) is 6.61 Å². The standard InChI is InChI=1S/C8H13BrO3/c1-4-12-8(11)5(2)7(10)6(3)9/h5-6H,4H2,1-3H3/t5-,6+/m0/s1. The molecule has 12 heavy (non-hydrogen) atoms. The molecule has 0 amide bonds. The first kappa shape index (κ1) is 11.6. The van der Waals surface area contributed by atoms with Gasteiger partial charge in [0.05, 0.1) is 11.4 Å². The molecule has 0 aromatic carbocycles. The van der Waals surface area contributed by atoms with Crippen LogP contribution in [-0.2, 0) is 14.3 Å². The second-order valence-electron chi connectivity index (χ2n) is 2.49. The molecule has 0 heterocycles. The zero-order valence-corrected chi connectivity index (χ0v) is 9.05. The lowest BCUT2D eigenvalue weighted by Crippen LogP contribution is -2.27. The number of hydrogen-bond acceptors (Lipinski definition) is 3. The van der Waals surface area contributed by atoms with Crippen LogP contribution in [0.25, 0.3) is 0 Å². The van der Waals surface area contributed by atoms with Crippen molar-refractivity contribution in [3.05, 3.63) is 0 Å². The molecule has 2 atom stereocenters. The summed E-state index contributed by atoms with van der Waals surface area (Å²) in [6.45, 7) is 5.27. The Balaban J connectivity index is 4.10. The first-order valence-electron chi connectivity index (χ1n) is 3.85. The molecule has 0 aliphatic rings. The van der Waals surface area contributed by atoms with Gasteiger partial charge in [-0.15, -0.1) is 0 Å². The van der Waals surface area contributed by atoms with E-state index >= 15 is 0 Å². The fourth-order valence-corrected chi connectivity index (χ4v) is 1.12. The van der Waals surface area contributed by atoms with Crippen LogP contribution in [0.5, 0.6) is 0 Å². The fraction of sp³-hybridized carbons (Fsp3) is 0.750. The van der Waals surface area contributed by atoms with Crippen molar-refractivity contribution in [2.24, 2.45) is 5.92 Å². The van der Waals surface area contributed by atoms with E-state index in [9.17, 15) is 9.59 Å². The van der Waals surface area contributed by atoms with Crippen molar-refractivity contribution >= 4 is 27.7 Å². The maximum atomic E-state index is 11.2. The van der Waals surface area contributed by atoms with Gasteiger partial charge in [0.1, 0.15) is 5.92 Å². The van der Waals surface area contributed by atoms with Gasteiger partial charge in [-0.2, -0.15) is 0 Å². The highest BCUT2D eigenvalue weighted by atomic mass is 79.9. The van der Waals surface area contributed by atoms with E-state index in [0.717, 1.165) is 0 Å². The van der Waals surface area contributed by atoms with Crippen LogP contribution >= 0.6 is 15.9 Å². The summed E-state index contributed by atoms with van der Waals surface area (Å²) in [6.07, 6.45) is 0. The van der Waals surface area contributed by atoms with Gasteiger partial charge in [0.2, 0.25) is 0 Å². The molecule has 4 heteroatoms. The first-order valence-corrected chi connectivity index (χ1v) is 4.76. The first-order chi connectivity index (χ1) is 5.50. The van der Waals surface area contributed by atoms with Crippen molar-refractivity contribution < 1.29 is 14.3 Å². The van der Waals surface area contributed by atoms with Gasteiger partial charge in [0.25, 0.3) is 0 Å². The molecule has 3 nitrogen and oxygen atoms in total. The molecule has 0 rings (SSSR count). The number of carbonyl (C=O) groups excluding carboxylic acids is 2. The van der Waals surface area contributed by atoms with Gasteiger partial charge >= 0.3 is 5.97 Å². The Labute approximate surface area is 80.6 Å². The third kappa shape index (κ3) is 3.34. The van der Waals surface area contributed by atoms with Crippen molar-refractivity contribution in [3.63, 3.8) is 0 Å². The maximum Gasteiger partial charge on any atom is 0.316 e. The van der Waals surface area contributed by atoms with Gasteiger partial charge in [0.15, 0.2) is 5.78 Å². The van der Waals surface area contributed by atoms with Gasteiger partial charge in [-0.25, -0.2) is 0 Å². The van der Waals surface area contributed by atoms with E-state index in [1.165, 1.54) is 0 Å². The zero-order valence-electron chi connectivity index (χ0n) is 7.46. The van der Waals surface area contributed by atoms with Crippen LogP contribution in [0.2, 0.25) is 0 Å². The van der Waals surface area contributed by atoms with E-state index < -0.39 is 11.9 Å². The number of alkyl halides is 1. The lowest BCUT2D eigenvalue weighted by Gasteiger charge is -2.10. The van der Waals surface area contributed by atoms with Crippen LogP contribution in [0.3, 0.4) is 0 Å². The van der Waals surface area contributed by atoms with E-state index in [1.807, 2.05) is 0 Å². The summed E-state index contributed by atoms with van der Waals surface area (Å²) >= 11 is 3.10. The molecule has 0 fully saturated rings. The third-order valence-corrected chi connectivity index (χ3v) is 1.91. The number of ketones is 1. The molecule has 0 spiro atoms. The van der Waals surface area contributed by atoms with Gasteiger partial charge in [-0.05, 0) is 20.8 Å². The Morgan fingerprint density at radius 3 is 2.25 bits per heavy atom. The Hall–Kier alpha value is -0.380. The van der Waals surface area contributed by atoms with E-state index in [-0.39, 0.29) is 10.6 Å². The molecule has 0 radical (unpaired) electrons. The molecular weight excluding hydrogens is 224 g/mol. The predicted molar refractivity (Wildman–Crippen MR) is 49.2 cm³/mol. The smallest absolute Gasteiger partial charge is 0.316 e. The highest BCUT2D eigenvalue weighted by Gasteiger charge is 2.25. The summed E-state index contributed by atoms with van der Waals surface area (Å²) in [5.41, 5.74) is 0. The second-order valence-corrected chi connectivity index (χ2v) is 3.87. The van der Waals surface area contributed by atoms with E-state index in [4.69, 9.17) is 4.74 Å². The summed E-state index contributed by atoms with van der Waals surface area (Å²) in [5.74, 6) is -1.26. The minimum Gasteiger partial charge on any atom is -0.465 e. The topological polar surface area (TPSA) is 43.4 Å². The van der Waals surface area contributed by atoms with Crippen molar-refractivity contribution in [1.29, 1.82) is 0 Å². The Kier molecular flexibility index (Phi) is 5.13. The molecular formula is C8H13BrO3. The summed E-state index contributed by atoms with van der Waals surface area (Å²) in [6, 6.07) is 0. The van der Waals surface area contributed by atoms with Crippen LogP contribution < -0.4 is 0 Å². The second kappa shape index (κ2) is 5.30. The van der Waals surface area contributed by atoms with E-state index in [2.05, 4.69) is 15.9 Å².